The van der Waals surface area contributed by atoms with Gasteiger partial charge in [-0.25, -0.2) is 15.0 Å². The smallest absolute Gasteiger partial charge is 0.359 e. The zero-order chi connectivity index (χ0) is 26.5. The molecule has 0 amide bonds. The molecule has 37 heavy (non-hydrogen) atoms. The summed E-state index contributed by atoms with van der Waals surface area (Å²) in [4.78, 5) is 42.8. The van der Waals surface area contributed by atoms with Crippen molar-refractivity contribution in [1.82, 2.24) is 18.7 Å². The van der Waals surface area contributed by atoms with Crippen LogP contribution in [-0.2, 0) is 30.2 Å². The molecule has 2 aromatic carbocycles. The number of ether oxygens (including phenoxy) is 1. The first-order chi connectivity index (χ1) is 17.8. The van der Waals surface area contributed by atoms with Crippen LogP contribution in [0.2, 0.25) is 0 Å². The van der Waals surface area contributed by atoms with E-state index in [1.165, 1.54) is 11.6 Å². The summed E-state index contributed by atoms with van der Waals surface area (Å²) in [5.41, 5.74) is 4.93. The van der Waals surface area contributed by atoms with E-state index in [2.05, 4.69) is 15.5 Å². The zero-order valence-electron chi connectivity index (χ0n) is 21.1. The number of esters is 1. The van der Waals surface area contributed by atoms with Crippen molar-refractivity contribution in [2.24, 2.45) is 19.2 Å². The fourth-order valence-electron chi connectivity index (χ4n) is 3.81. The zero-order valence-corrected chi connectivity index (χ0v) is 21.1. The Morgan fingerprint density at radius 1 is 1.05 bits per heavy atom. The van der Waals surface area contributed by atoms with Crippen LogP contribution >= 0.6 is 0 Å². The van der Waals surface area contributed by atoms with E-state index in [0.717, 1.165) is 15.7 Å². The monoisotopic (exact) mass is 500 g/mol. The topological polar surface area (TPSA) is 113 Å². The molecule has 0 spiro atoms. The number of nitrogens with zero attached hydrogens (tertiary/aromatic N) is 5. The number of anilines is 1. The van der Waals surface area contributed by atoms with Crippen molar-refractivity contribution < 1.29 is 9.53 Å². The van der Waals surface area contributed by atoms with Gasteiger partial charge in [-0.3, -0.25) is 18.5 Å². The summed E-state index contributed by atoms with van der Waals surface area (Å²) >= 11 is 0. The number of rotatable bonds is 8. The van der Waals surface area contributed by atoms with E-state index in [4.69, 9.17) is 4.74 Å². The molecule has 4 aromatic rings. The lowest BCUT2D eigenvalue weighted by Crippen LogP contribution is -2.37. The van der Waals surface area contributed by atoms with Gasteiger partial charge in [0.1, 0.15) is 0 Å². The van der Waals surface area contributed by atoms with Gasteiger partial charge in [-0.05, 0) is 19.4 Å². The van der Waals surface area contributed by atoms with E-state index >= 15 is 0 Å². The van der Waals surface area contributed by atoms with Gasteiger partial charge < -0.3 is 4.74 Å². The molecule has 0 radical (unpaired) electrons. The molecule has 4 rings (SSSR count). The maximum atomic E-state index is 13.1. The molecule has 0 unspecified atom stereocenters. The summed E-state index contributed by atoms with van der Waals surface area (Å²) in [5.74, 6) is -0.409. The van der Waals surface area contributed by atoms with E-state index < -0.39 is 17.2 Å². The van der Waals surface area contributed by atoms with Crippen LogP contribution in [0.4, 0.5) is 5.95 Å². The second kappa shape index (κ2) is 10.9. The number of aromatic nitrogens is 4. The number of hydrogen-bond donors (Lipinski definition) is 1. The predicted octanol–water partition coefficient (Wildman–Crippen LogP) is 2.83. The first-order valence-corrected chi connectivity index (χ1v) is 11.8. The van der Waals surface area contributed by atoms with Gasteiger partial charge in [0.05, 0.1) is 6.61 Å². The largest absolute Gasteiger partial charge is 0.461 e. The molecule has 0 atom stereocenters. The van der Waals surface area contributed by atoms with Crippen molar-refractivity contribution in [2.75, 3.05) is 12.0 Å². The van der Waals surface area contributed by atoms with Crippen LogP contribution in [0.15, 0.2) is 75.4 Å². The Kier molecular flexibility index (Phi) is 7.47. The normalized spacial score (nSPS) is 11.8. The Morgan fingerprint density at radius 3 is 2.43 bits per heavy atom. The maximum absolute atomic E-state index is 13.1. The lowest BCUT2D eigenvalue weighted by atomic mass is 10.1. The highest BCUT2D eigenvalue weighted by molar-refractivity contribution is 6.43. The molecule has 0 bridgehead atoms. The van der Waals surface area contributed by atoms with Gasteiger partial charge in [0, 0.05) is 26.2 Å². The quantitative estimate of drug-likeness (QED) is 0.226. The molecule has 0 aliphatic carbocycles. The second-order valence-electron chi connectivity index (χ2n) is 8.40. The number of allylic oxidation sites excluding steroid dienone is 1. The van der Waals surface area contributed by atoms with Crippen LogP contribution in [0.5, 0.6) is 0 Å². The van der Waals surface area contributed by atoms with Gasteiger partial charge in [-0.1, -0.05) is 72.3 Å². The Hall–Kier alpha value is -4.73. The van der Waals surface area contributed by atoms with Gasteiger partial charge in [-0.15, -0.1) is 0 Å². The minimum atomic E-state index is -0.603. The minimum Gasteiger partial charge on any atom is -0.461 e. The average molecular weight is 501 g/mol. The highest BCUT2D eigenvalue weighted by Crippen LogP contribution is 2.17. The molecular formula is C27H28N6O4. The molecule has 2 aromatic heterocycles. The summed E-state index contributed by atoms with van der Waals surface area (Å²) in [6, 6.07) is 17.0. The van der Waals surface area contributed by atoms with Crippen molar-refractivity contribution in [3.63, 3.8) is 0 Å². The fraction of sp³-hybridized carbons (Fsp3) is 0.222. The van der Waals surface area contributed by atoms with E-state index in [0.29, 0.717) is 5.56 Å². The SMILES string of the molecule is CCOC(=O)C(=NNc1nc2c(c(=O)n(C)c(=O)n2C)n1CC=Cc1ccccc1)c1ccc(C)cc1. The van der Waals surface area contributed by atoms with Crippen molar-refractivity contribution in [1.29, 1.82) is 0 Å². The molecule has 10 heteroatoms. The van der Waals surface area contributed by atoms with Gasteiger partial charge in [0.25, 0.3) is 5.56 Å². The number of nitrogens with one attached hydrogen (secondary N) is 1. The number of carbonyl (C=O) groups is 1. The van der Waals surface area contributed by atoms with E-state index in [-0.39, 0.29) is 36.0 Å². The lowest BCUT2D eigenvalue weighted by molar-refractivity contribution is -0.134. The number of imidazole rings is 1. The van der Waals surface area contributed by atoms with Gasteiger partial charge >= 0.3 is 11.7 Å². The average Bonchev–Trinajstić information content (AvgIpc) is 3.26. The first kappa shape index (κ1) is 25.4. The third-order valence-corrected chi connectivity index (χ3v) is 5.81. The highest BCUT2D eigenvalue weighted by atomic mass is 16.5. The third kappa shape index (κ3) is 5.27. The van der Waals surface area contributed by atoms with Crippen molar-refractivity contribution >= 4 is 34.9 Å². The Labute approximate surface area is 213 Å². The van der Waals surface area contributed by atoms with Crippen molar-refractivity contribution in [3.8, 4) is 0 Å². The molecule has 0 aliphatic heterocycles. The Balaban J connectivity index is 1.82. The number of hydrogen-bond acceptors (Lipinski definition) is 7. The molecule has 0 saturated heterocycles. The molecule has 0 aliphatic rings. The standard InChI is InChI=1S/C27H28N6O4/c1-5-37-25(35)21(20-15-13-18(2)14-16-20)29-30-26-28-23-22(24(34)32(4)27(36)31(23)3)33(26)17-9-12-19-10-7-6-8-11-19/h6-16H,5,17H2,1-4H3,(H,28,30). The number of carbonyl (C=O) groups excluding carboxylic acids is 1. The maximum Gasteiger partial charge on any atom is 0.359 e. The summed E-state index contributed by atoms with van der Waals surface area (Å²) in [6.45, 7) is 4.10. The van der Waals surface area contributed by atoms with Crippen molar-refractivity contribution in [2.45, 2.75) is 20.4 Å². The van der Waals surface area contributed by atoms with Crippen LogP contribution in [0.1, 0.15) is 23.6 Å². The number of benzene rings is 2. The first-order valence-electron chi connectivity index (χ1n) is 11.8. The van der Waals surface area contributed by atoms with Crippen LogP contribution in [0.25, 0.3) is 17.2 Å². The van der Waals surface area contributed by atoms with Gasteiger partial charge in [-0.2, -0.15) is 10.1 Å². The third-order valence-electron chi connectivity index (χ3n) is 5.81. The molecule has 1 N–H and O–H groups in total. The summed E-state index contributed by atoms with van der Waals surface area (Å²) in [7, 11) is 2.97. The molecular weight excluding hydrogens is 472 g/mol. The molecule has 2 heterocycles. The second-order valence-corrected chi connectivity index (χ2v) is 8.40. The molecule has 0 fully saturated rings. The minimum absolute atomic E-state index is 0.0575. The van der Waals surface area contributed by atoms with Crippen LogP contribution in [-0.4, -0.2) is 37.0 Å². The van der Waals surface area contributed by atoms with Crippen molar-refractivity contribution in [3.05, 3.63) is 98.2 Å². The van der Waals surface area contributed by atoms with Gasteiger partial charge in [0.2, 0.25) is 5.95 Å². The fourth-order valence-corrected chi connectivity index (χ4v) is 3.81. The molecule has 0 saturated carbocycles. The predicted molar refractivity (Wildman–Crippen MR) is 144 cm³/mol. The Bertz CT molecular complexity index is 1610. The van der Waals surface area contributed by atoms with Crippen LogP contribution < -0.4 is 16.7 Å². The number of aryl methyl sites for hydroxylation is 2. The van der Waals surface area contributed by atoms with Gasteiger partial charge in [0.15, 0.2) is 16.9 Å². The van der Waals surface area contributed by atoms with E-state index in [1.807, 2.05) is 61.5 Å². The summed E-state index contributed by atoms with van der Waals surface area (Å²) in [6.07, 6.45) is 3.80. The van der Waals surface area contributed by atoms with E-state index in [9.17, 15) is 14.4 Å². The molecule has 190 valence electrons. The number of hydrazone groups is 1. The molecule has 10 nitrogen and oxygen atoms in total. The Morgan fingerprint density at radius 2 is 1.76 bits per heavy atom. The van der Waals surface area contributed by atoms with Crippen LogP contribution in [0, 0.1) is 6.92 Å². The highest BCUT2D eigenvalue weighted by Gasteiger charge is 2.20. The van der Waals surface area contributed by atoms with E-state index in [1.54, 1.807) is 30.7 Å². The van der Waals surface area contributed by atoms with Crippen LogP contribution in [0.3, 0.4) is 0 Å². The summed E-state index contributed by atoms with van der Waals surface area (Å²) in [5, 5.41) is 4.33. The summed E-state index contributed by atoms with van der Waals surface area (Å²) < 4.78 is 9.16. The lowest BCUT2D eigenvalue weighted by Gasteiger charge is -2.09. The number of fused-ring (bicyclic) bond motifs is 1.